The molecule has 14 heavy (non-hydrogen) atoms. The summed E-state index contributed by atoms with van der Waals surface area (Å²) >= 11 is 0. The van der Waals surface area contributed by atoms with E-state index < -0.39 is 5.54 Å². The van der Waals surface area contributed by atoms with Crippen LogP contribution in [0, 0.1) is 0 Å². The van der Waals surface area contributed by atoms with Crippen molar-refractivity contribution in [3.8, 4) is 0 Å². The molecule has 0 aromatic rings. The van der Waals surface area contributed by atoms with E-state index in [2.05, 4.69) is 5.32 Å². The van der Waals surface area contributed by atoms with Crippen LogP contribution in [0.4, 0.5) is 0 Å². The first-order valence-corrected chi connectivity index (χ1v) is 5.38. The second-order valence-corrected chi connectivity index (χ2v) is 4.33. The molecule has 1 aliphatic rings. The van der Waals surface area contributed by atoms with Gasteiger partial charge in [0.05, 0.1) is 5.54 Å². The van der Waals surface area contributed by atoms with Gasteiger partial charge < -0.3 is 16.8 Å². The highest BCUT2D eigenvalue weighted by Gasteiger charge is 2.35. The number of nitrogens with two attached hydrogens (primary N) is 2. The summed E-state index contributed by atoms with van der Waals surface area (Å²) in [6.07, 6.45) is 4.91. The molecule has 1 aliphatic carbocycles. The standard InChI is InChI=1S/C10H21N3O/c1-8(7-11)13-9(14)10(12)5-3-2-4-6-10/h8H,2-7,11-12H2,1H3,(H,13,14)/t8-/m0/s1. The Kier molecular flexibility index (Phi) is 3.89. The van der Waals surface area contributed by atoms with Crippen molar-refractivity contribution < 1.29 is 4.79 Å². The van der Waals surface area contributed by atoms with Crippen LogP contribution >= 0.6 is 0 Å². The van der Waals surface area contributed by atoms with Gasteiger partial charge in [0.1, 0.15) is 0 Å². The van der Waals surface area contributed by atoms with Crippen LogP contribution in [0.1, 0.15) is 39.0 Å². The third kappa shape index (κ3) is 2.69. The zero-order chi connectivity index (χ0) is 10.6. The number of hydrogen-bond acceptors (Lipinski definition) is 3. The van der Waals surface area contributed by atoms with Crippen molar-refractivity contribution in [2.45, 2.75) is 50.6 Å². The van der Waals surface area contributed by atoms with E-state index in [1.807, 2.05) is 6.92 Å². The van der Waals surface area contributed by atoms with Gasteiger partial charge in [-0.25, -0.2) is 0 Å². The van der Waals surface area contributed by atoms with Crippen molar-refractivity contribution in [1.82, 2.24) is 5.32 Å². The van der Waals surface area contributed by atoms with E-state index in [1.165, 1.54) is 6.42 Å². The highest BCUT2D eigenvalue weighted by molar-refractivity contribution is 5.86. The molecule has 0 bridgehead atoms. The molecule has 1 saturated carbocycles. The minimum Gasteiger partial charge on any atom is -0.351 e. The first-order chi connectivity index (χ1) is 6.58. The Morgan fingerprint density at radius 1 is 1.43 bits per heavy atom. The lowest BCUT2D eigenvalue weighted by Crippen LogP contribution is -2.57. The van der Waals surface area contributed by atoms with Gasteiger partial charge in [-0.15, -0.1) is 0 Å². The van der Waals surface area contributed by atoms with Crippen molar-refractivity contribution in [2.75, 3.05) is 6.54 Å². The molecule has 4 nitrogen and oxygen atoms in total. The molecule has 82 valence electrons. The molecule has 0 saturated heterocycles. The summed E-state index contributed by atoms with van der Waals surface area (Å²) in [4.78, 5) is 11.8. The average molecular weight is 199 g/mol. The minimum absolute atomic E-state index is 0.0184. The normalized spacial score (nSPS) is 22.8. The van der Waals surface area contributed by atoms with Crippen molar-refractivity contribution in [3.05, 3.63) is 0 Å². The van der Waals surface area contributed by atoms with E-state index in [-0.39, 0.29) is 11.9 Å². The smallest absolute Gasteiger partial charge is 0.240 e. The van der Waals surface area contributed by atoms with Crippen molar-refractivity contribution in [2.24, 2.45) is 11.5 Å². The Labute approximate surface area is 85.4 Å². The first kappa shape index (κ1) is 11.5. The predicted molar refractivity (Wildman–Crippen MR) is 56.7 cm³/mol. The number of carbonyl (C=O) groups is 1. The monoisotopic (exact) mass is 199 g/mol. The van der Waals surface area contributed by atoms with Crippen LogP contribution in [0.15, 0.2) is 0 Å². The fraction of sp³-hybridized carbons (Fsp3) is 0.900. The fourth-order valence-electron chi connectivity index (χ4n) is 1.84. The molecule has 0 unspecified atom stereocenters. The van der Waals surface area contributed by atoms with Crippen LogP contribution in [0.3, 0.4) is 0 Å². The summed E-state index contributed by atoms with van der Waals surface area (Å²) in [5, 5.41) is 2.85. The minimum atomic E-state index is -0.637. The Balaban J connectivity index is 2.49. The van der Waals surface area contributed by atoms with Crippen LogP contribution in [-0.4, -0.2) is 24.0 Å². The van der Waals surface area contributed by atoms with Gasteiger partial charge in [0.15, 0.2) is 0 Å². The second kappa shape index (κ2) is 4.75. The number of hydrogen-bond donors (Lipinski definition) is 3. The number of carbonyl (C=O) groups excluding carboxylic acids is 1. The molecule has 0 radical (unpaired) electrons. The highest BCUT2D eigenvalue weighted by atomic mass is 16.2. The van der Waals surface area contributed by atoms with Crippen LogP contribution in [0.25, 0.3) is 0 Å². The van der Waals surface area contributed by atoms with E-state index in [4.69, 9.17) is 11.5 Å². The van der Waals surface area contributed by atoms with Gasteiger partial charge in [-0.2, -0.15) is 0 Å². The van der Waals surface area contributed by atoms with Gasteiger partial charge >= 0.3 is 0 Å². The van der Waals surface area contributed by atoms with E-state index in [1.54, 1.807) is 0 Å². The molecule has 5 N–H and O–H groups in total. The maximum atomic E-state index is 11.8. The van der Waals surface area contributed by atoms with Gasteiger partial charge in [0, 0.05) is 12.6 Å². The molecule has 0 aliphatic heterocycles. The summed E-state index contributed by atoms with van der Waals surface area (Å²) in [6, 6.07) is 0.0184. The van der Waals surface area contributed by atoms with E-state index in [9.17, 15) is 4.79 Å². The molecular weight excluding hydrogens is 178 g/mol. The second-order valence-electron chi connectivity index (χ2n) is 4.33. The van der Waals surface area contributed by atoms with Crippen molar-refractivity contribution in [1.29, 1.82) is 0 Å². The zero-order valence-corrected chi connectivity index (χ0v) is 8.88. The summed E-state index contributed by atoms with van der Waals surface area (Å²) < 4.78 is 0. The van der Waals surface area contributed by atoms with Gasteiger partial charge in [0.2, 0.25) is 5.91 Å². The molecule has 1 rings (SSSR count). The Hall–Kier alpha value is -0.610. The summed E-state index contributed by atoms with van der Waals surface area (Å²) in [5.41, 5.74) is 10.9. The number of amides is 1. The Morgan fingerprint density at radius 3 is 2.50 bits per heavy atom. The van der Waals surface area contributed by atoms with E-state index >= 15 is 0 Å². The summed E-state index contributed by atoms with van der Waals surface area (Å²) in [5.74, 6) is -0.0323. The van der Waals surface area contributed by atoms with Gasteiger partial charge in [-0.3, -0.25) is 4.79 Å². The molecule has 1 atom stereocenters. The molecule has 1 amide bonds. The van der Waals surface area contributed by atoms with E-state index in [0.29, 0.717) is 6.54 Å². The van der Waals surface area contributed by atoms with Crippen LogP contribution in [-0.2, 0) is 4.79 Å². The van der Waals surface area contributed by atoms with Gasteiger partial charge in [-0.05, 0) is 19.8 Å². The molecule has 0 aromatic carbocycles. The maximum absolute atomic E-state index is 11.8. The third-order valence-electron chi connectivity index (χ3n) is 2.93. The van der Waals surface area contributed by atoms with E-state index in [0.717, 1.165) is 25.7 Å². The molecule has 4 heteroatoms. The molecular formula is C10H21N3O. The molecule has 0 aromatic heterocycles. The Bertz CT molecular complexity index is 200. The van der Waals surface area contributed by atoms with Crippen LogP contribution < -0.4 is 16.8 Å². The van der Waals surface area contributed by atoms with Gasteiger partial charge in [-0.1, -0.05) is 19.3 Å². The topological polar surface area (TPSA) is 81.1 Å². The third-order valence-corrected chi connectivity index (χ3v) is 2.93. The number of nitrogens with one attached hydrogen (secondary N) is 1. The Morgan fingerprint density at radius 2 is 2.00 bits per heavy atom. The van der Waals surface area contributed by atoms with Crippen LogP contribution in [0.5, 0.6) is 0 Å². The van der Waals surface area contributed by atoms with Gasteiger partial charge in [0.25, 0.3) is 0 Å². The predicted octanol–water partition coefficient (Wildman–Crippen LogP) is 0.111. The fourth-order valence-corrected chi connectivity index (χ4v) is 1.84. The number of rotatable bonds is 3. The highest BCUT2D eigenvalue weighted by Crippen LogP contribution is 2.25. The lowest BCUT2D eigenvalue weighted by molar-refractivity contribution is -0.128. The first-order valence-electron chi connectivity index (χ1n) is 5.38. The molecule has 1 fully saturated rings. The lowest BCUT2D eigenvalue weighted by atomic mass is 9.82. The lowest BCUT2D eigenvalue weighted by Gasteiger charge is -2.32. The quantitative estimate of drug-likeness (QED) is 0.603. The largest absolute Gasteiger partial charge is 0.351 e. The average Bonchev–Trinajstić information content (AvgIpc) is 2.18. The maximum Gasteiger partial charge on any atom is 0.240 e. The summed E-state index contributed by atoms with van der Waals surface area (Å²) in [7, 11) is 0. The summed E-state index contributed by atoms with van der Waals surface area (Å²) in [6.45, 7) is 2.35. The van der Waals surface area contributed by atoms with Crippen LogP contribution in [0.2, 0.25) is 0 Å². The van der Waals surface area contributed by atoms with Crippen molar-refractivity contribution in [3.63, 3.8) is 0 Å². The van der Waals surface area contributed by atoms with Crippen molar-refractivity contribution >= 4 is 5.91 Å². The molecule has 0 heterocycles. The SMILES string of the molecule is C[C@@H](CN)NC(=O)C1(N)CCCCC1. The molecule has 0 spiro atoms. The zero-order valence-electron chi connectivity index (χ0n) is 8.88.